The van der Waals surface area contributed by atoms with Crippen molar-refractivity contribution < 1.29 is 4.42 Å². The number of rotatable bonds is 7. The maximum atomic E-state index is 5.62. The SMILES string of the molecule is CC(C)c1nnc(CCCC(C)c2nnc(C(C)C)s2)o1. The summed E-state index contributed by atoms with van der Waals surface area (Å²) in [6, 6.07) is 0. The van der Waals surface area contributed by atoms with E-state index in [0.717, 1.165) is 41.1 Å². The van der Waals surface area contributed by atoms with Gasteiger partial charge >= 0.3 is 0 Å². The lowest BCUT2D eigenvalue weighted by atomic mass is 10.1. The van der Waals surface area contributed by atoms with Crippen molar-refractivity contribution in [3.05, 3.63) is 21.8 Å². The van der Waals surface area contributed by atoms with Gasteiger partial charge in [0.05, 0.1) is 0 Å². The van der Waals surface area contributed by atoms with Gasteiger partial charge in [-0.25, -0.2) is 0 Å². The molecule has 116 valence electrons. The molecule has 0 spiro atoms. The van der Waals surface area contributed by atoms with Gasteiger partial charge in [0.1, 0.15) is 10.0 Å². The molecule has 0 amide bonds. The predicted octanol–water partition coefficient (Wildman–Crippen LogP) is 4.29. The summed E-state index contributed by atoms with van der Waals surface area (Å²) in [7, 11) is 0. The van der Waals surface area contributed by atoms with Gasteiger partial charge in [0.15, 0.2) is 0 Å². The van der Waals surface area contributed by atoms with E-state index < -0.39 is 0 Å². The van der Waals surface area contributed by atoms with E-state index in [9.17, 15) is 0 Å². The van der Waals surface area contributed by atoms with E-state index in [1.165, 1.54) is 0 Å². The molecule has 5 nitrogen and oxygen atoms in total. The fraction of sp³-hybridized carbons (Fsp3) is 0.733. The molecule has 1 unspecified atom stereocenters. The highest BCUT2D eigenvalue weighted by atomic mass is 32.1. The van der Waals surface area contributed by atoms with Crippen molar-refractivity contribution in [3.8, 4) is 0 Å². The topological polar surface area (TPSA) is 64.7 Å². The van der Waals surface area contributed by atoms with Crippen LogP contribution in [0.15, 0.2) is 4.42 Å². The van der Waals surface area contributed by atoms with Gasteiger partial charge in [-0.05, 0) is 12.8 Å². The molecule has 0 aliphatic heterocycles. The molecule has 1 atom stereocenters. The van der Waals surface area contributed by atoms with Gasteiger partial charge in [-0.1, -0.05) is 34.6 Å². The first-order valence-corrected chi connectivity index (χ1v) is 8.44. The Hall–Kier alpha value is -1.30. The molecule has 0 radical (unpaired) electrons. The molecular weight excluding hydrogens is 284 g/mol. The molecule has 2 aromatic rings. The Morgan fingerprint density at radius 1 is 0.905 bits per heavy atom. The van der Waals surface area contributed by atoms with Gasteiger partial charge in [-0.3, -0.25) is 0 Å². The van der Waals surface area contributed by atoms with Gasteiger partial charge in [-0.15, -0.1) is 31.7 Å². The highest BCUT2D eigenvalue weighted by Crippen LogP contribution is 2.27. The second-order valence-electron chi connectivity index (χ2n) is 6.12. The average molecular weight is 308 g/mol. The van der Waals surface area contributed by atoms with Crippen LogP contribution in [0.1, 0.15) is 87.0 Å². The molecule has 2 rings (SSSR count). The number of aryl methyl sites for hydroxylation is 1. The van der Waals surface area contributed by atoms with Crippen molar-refractivity contribution in [1.29, 1.82) is 0 Å². The molecule has 0 aliphatic rings. The van der Waals surface area contributed by atoms with E-state index in [1.54, 1.807) is 11.3 Å². The lowest BCUT2D eigenvalue weighted by Gasteiger charge is -2.05. The summed E-state index contributed by atoms with van der Waals surface area (Å²) >= 11 is 1.73. The molecule has 0 fully saturated rings. The van der Waals surface area contributed by atoms with Crippen LogP contribution < -0.4 is 0 Å². The van der Waals surface area contributed by atoms with Crippen molar-refractivity contribution in [3.63, 3.8) is 0 Å². The number of nitrogens with zero attached hydrogens (tertiary/aromatic N) is 4. The van der Waals surface area contributed by atoms with E-state index in [2.05, 4.69) is 55.0 Å². The van der Waals surface area contributed by atoms with Crippen LogP contribution >= 0.6 is 11.3 Å². The van der Waals surface area contributed by atoms with E-state index >= 15 is 0 Å². The van der Waals surface area contributed by atoms with E-state index in [1.807, 2.05) is 0 Å². The fourth-order valence-corrected chi connectivity index (χ4v) is 2.90. The molecule has 21 heavy (non-hydrogen) atoms. The minimum Gasteiger partial charge on any atom is -0.425 e. The first kappa shape index (κ1) is 16.1. The molecule has 0 saturated heterocycles. The average Bonchev–Trinajstić information content (AvgIpc) is 3.07. The molecule has 0 N–H and O–H groups in total. The quantitative estimate of drug-likeness (QED) is 0.763. The van der Waals surface area contributed by atoms with Crippen molar-refractivity contribution >= 4 is 11.3 Å². The third kappa shape index (κ3) is 4.33. The van der Waals surface area contributed by atoms with Crippen LogP contribution in [0, 0.1) is 0 Å². The van der Waals surface area contributed by atoms with Crippen molar-refractivity contribution in [2.75, 3.05) is 0 Å². The van der Waals surface area contributed by atoms with Crippen LogP contribution in [0.2, 0.25) is 0 Å². The van der Waals surface area contributed by atoms with Crippen LogP contribution in [0.4, 0.5) is 0 Å². The van der Waals surface area contributed by atoms with Gasteiger partial charge in [0, 0.05) is 24.2 Å². The monoisotopic (exact) mass is 308 g/mol. The number of hydrogen-bond acceptors (Lipinski definition) is 6. The Morgan fingerprint density at radius 2 is 1.62 bits per heavy atom. The smallest absolute Gasteiger partial charge is 0.219 e. The third-order valence-electron chi connectivity index (χ3n) is 3.38. The van der Waals surface area contributed by atoms with Crippen LogP contribution in [-0.2, 0) is 6.42 Å². The molecular formula is C15H24N4OS. The number of aromatic nitrogens is 4. The van der Waals surface area contributed by atoms with Crippen LogP contribution in [-0.4, -0.2) is 20.4 Å². The number of hydrogen-bond donors (Lipinski definition) is 0. The molecule has 2 aromatic heterocycles. The summed E-state index contributed by atoms with van der Waals surface area (Å²) in [5.74, 6) is 2.65. The van der Waals surface area contributed by atoms with Crippen LogP contribution in [0.5, 0.6) is 0 Å². The summed E-state index contributed by atoms with van der Waals surface area (Å²) in [4.78, 5) is 0. The fourth-order valence-electron chi connectivity index (χ4n) is 1.96. The Kier molecular flexibility index (Phi) is 5.45. The Labute approximate surface area is 130 Å². The second-order valence-corrected chi connectivity index (χ2v) is 7.16. The van der Waals surface area contributed by atoms with E-state index in [4.69, 9.17) is 4.42 Å². The predicted molar refractivity (Wildman–Crippen MR) is 83.7 cm³/mol. The molecule has 0 saturated carbocycles. The van der Waals surface area contributed by atoms with Gasteiger partial charge in [0.2, 0.25) is 11.8 Å². The normalized spacial score (nSPS) is 13.3. The molecule has 2 heterocycles. The molecule has 0 aromatic carbocycles. The summed E-state index contributed by atoms with van der Waals surface area (Å²) in [6.07, 6.45) is 2.92. The second kappa shape index (κ2) is 7.11. The minimum absolute atomic E-state index is 0.293. The lowest BCUT2D eigenvalue weighted by Crippen LogP contribution is -1.95. The summed E-state index contributed by atoms with van der Waals surface area (Å²) in [6.45, 7) is 10.6. The molecule has 6 heteroatoms. The maximum Gasteiger partial charge on any atom is 0.219 e. The molecule has 0 aliphatic carbocycles. The zero-order valence-corrected chi connectivity index (χ0v) is 14.3. The van der Waals surface area contributed by atoms with Crippen molar-refractivity contribution in [2.45, 2.75) is 71.6 Å². The summed E-state index contributed by atoms with van der Waals surface area (Å²) in [5, 5.41) is 19.0. The lowest BCUT2D eigenvalue weighted by molar-refractivity contribution is 0.423. The van der Waals surface area contributed by atoms with Crippen molar-refractivity contribution in [1.82, 2.24) is 20.4 Å². The minimum atomic E-state index is 0.293. The standard InChI is InChI=1S/C15H24N4OS/c1-9(2)13-17-16-12(20-13)8-6-7-11(5)15-19-18-14(21-15)10(3)4/h9-11H,6-8H2,1-5H3. The molecule has 0 bridgehead atoms. The van der Waals surface area contributed by atoms with Gasteiger partial charge in [0.25, 0.3) is 0 Å². The zero-order valence-electron chi connectivity index (χ0n) is 13.5. The Bertz CT molecular complexity index is 562. The summed E-state index contributed by atoms with van der Waals surface area (Å²) in [5.41, 5.74) is 0. The van der Waals surface area contributed by atoms with Crippen molar-refractivity contribution in [2.24, 2.45) is 0 Å². The Balaban J connectivity index is 1.81. The third-order valence-corrected chi connectivity index (χ3v) is 4.83. The first-order valence-electron chi connectivity index (χ1n) is 7.63. The first-order chi connectivity index (χ1) is 9.97. The Morgan fingerprint density at radius 3 is 2.19 bits per heavy atom. The highest BCUT2D eigenvalue weighted by Gasteiger charge is 2.15. The zero-order chi connectivity index (χ0) is 15.4. The summed E-state index contributed by atoms with van der Waals surface area (Å²) < 4.78 is 5.62. The highest BCUT2D eigenvalue weighted by molar-refractivity contribution is 7.11. The van der Waals surface area contributed by atoms with Gasteiger partial charge in [-0.2, -0.15) is 0 Å². The maximum absolute atomic E-state index is 5.62. The van der Waals surface area contributed by atoms with Gasteiger partial charge < -0.3 is 4.42 Å². The largest absolute Gasteiger partial charge is 0.425 e. The van der Waals surface area contributed by atoms with E-state index in [0.29, 0.717) is 17.8 Å². The van der Waals surface area contributed by atoms with Crippen LogP contribution in [0.3, 0.4) is 0 Å². The van der Waals surface area contributed by atoms with E-state index in [-0.39, 0.29) is 0 Å². The van der Waals surface area contributed by atoms with Crippen LogP contribution in [0.25, 0.3) is 0 Å².